The third-order valence-corrected chi connectivity index (χ3v) is 3.98. The summed E-state index contributed by atoms with van der Waals surface area (Å²) in [6, 6.07) is 8.33. The van der Waals surface area contributed by atoms with E-state index in [2.05, 4.69) is 43.0 Å². The first-order valence-corrected chi connectivity index (χ1v) is 7.43. The minimum Gasteiger partial charge on any atom is -0.468 e. The molecule has 0 saturated carbocycles. The summed E-state index contributed by atoms with van der Waals surface area (Å²) in [5, 5.41) is 3.21. The number of nitrogens with zero attached hydrogens (tertiary/aromatic N) is 1. The third kappa shape index (κ3) is 3.86. The molecule has 0 aromatic heterocycles. The molecule has 104 valence electrons. The van der Waals surface area contributed by atoms with Crippen molar-refractivity contribution in [1.82, 2.24) is 0 Å². The van der Waals surface area contributed by atoms with Gasteiger partial charge >= 0.3 is 5.97 Å². The maximum absolute atomic E-state index is 11.2. The zero-order valence-electron chi connectivity index (χ0n) is 11.1. The van der Waals surface area contributed by atoms with E-state index in [0.29, 0.717) is 6.54 Å². The first-order valence-electron chi connectivity index (χ1n) is 6.51. The van der Waals surface area contributed by atoms with E-state index in [1.807, 2.05) is 12.1 Å². The predicted molar refractivity (Wildman–Crippen MR) is 81.1 cm³/mol. The van der Waals surface area contributed by atoms with Gasteiger partial charge in [-0.25, -0.2) is 0 Å². The van der Waals surface area contributed by atoms with Crippen LogP contribution in [-0.4, -0.2) is 37.5 Å². The Morgan fingerprint density at radius 3 is 2.58 bits per heavy atom. The molecule has 0 spiro atoms. The summed E-state index contributed by atoms with van der Waals surface area (Å²) in [6.07, 6.45) is 2.56. The van der Waals surface area contributed by atoms with Crippen LogP contribution in [0.1, 0.15) is 12.8 Å². The average Bonchev–Trinajstić information content (AvgIpc) is 2.98. The van der Waals surface area contributed by atoms with Crippen LogP contribution in [0.15, 0.2) is 24.3 Å². The molecule has 1 heterocycles. The Hall–Kier alpha value is -1.23. The van der Waals surface area contributed by atoms with Crippen LogP contribution in [0.2, 0.25) is 0 Å². The fourth-order valence-corrected chi connectivity index (χ4v) is 2.53. The number of benzene rings is 1. The maximum atomic E-state index is 11.2. The molecule has 1 saturated heterocycles. The second-order valence-electron chi connectivity index (χ2n) is 4.61. The summed E-state index contributed by atoms with van der Waals surface area (Å²) in [5.41, 5.74) is 2.28. The van der Waals surface area contributed by atoms with Gasteiger partial charge in [-0.05, 0) is 37.1 Å². The van der Waals surface area contributed by atoms with Crippen LogP contribution >= 0.6 is 15.9 Å². The first-order chi connectivity index (χ1) is 9.20. The lowest BCUT2D eigenvalue weighted by atomic mass is 10.2. The van der Waals surface area contributed by atoms with Crippen molar-refractivity contribution in [2.24, 2.45) is 0 Å². The SMILES string of the molecule is COC(=O)C(Br)CNc1ccc(N2CCCC2)cc1. The molecule has 4 nitrogen and oxygen atoms in total. The molecule has 19 heavy (non-hydrogen) atoms. The minimum atomic E-state index is -0.323. The van der Waals surface area contributed by atoms with E-state index in [1.54, 1.807) is 0 Å². The Morgan fingerprint density at radius 2 is 2.00 bits per heavy atom. The van der Waals surface area contributed by atoms with Gasteiger partial charge in [0, 0.05) is 31.0 Å². The van der Waals surface area contributed by atoms with Crippen LogP contribution in [0.4, 0.5) is 11.4 Å². The Morgan fingerprint density at radius 1 is 1.37 bits per heavy atom. The summed E-state index contributed by atoms with van der Waals surface area (Å²) >= 11 is 3.28. The number of anilines is 2. The van der Waals surface area contributed by atoms with E-state index in [1.165, 1.54) is 25.6 Å². The number of rotatable bonds is 5. The van der Waals surface area contributed by atoms with Crippen molar-refractivity contribution >= 4 is 33.3 Å². The standard InChI is InChI=1S/C14H19BrN2O2/c1-19-14(18)13(15)10-16-11-4-6-12(7-5-11)17-8-2-3-9-17/h4-7,13,16H,2-3,8-10H2,1H3. The van der Waals surface area contributed by atoms with Crippen molar-refractivity contribution in [2.45, 2.75) is 17.7 Å². The highest BCUT2D eigenvalue weighted by Crippen LogP contribution is 2.22. The van der Waals surface area contributed by atoms with E-state index in [-0.39, 0.29) is 10.8 Å². The predicted octanol–water partition coefficient (Wildman–Crippen LogP) is 2.64. The highest BCUT2D eigenvalue weighted by molar-refractivity contribution is 9.10. The fourth-order valence-electron chi connectivity index (χ4n) is 2.18. The molecule has 1 N–H and O–H groups in total. The highest BCUT2D eigenvalue weighted by atomic mass is 79.9. The zero-order valence-corrected chi connectivity index (χ0v) is 12.6. The smallest absolute Gasteiger partial charge is 0.321 e. The van der Waals surface area contributed by atoms with Crippen LogP contribution in [0.25, 0.3) is 0 Å². The molecule has 0 bridgehead atoms. The van der Waals surface area contributed by atoms with Crippen LogP contribution in [0.5, 0.6) is 0 Å². The molecule has 1 fully saturated rings. The summed E-state index contributed by atoms with van der Waals surface area (Å²) in [6.45, 7) is 2.81. The zero-order chi connectivity index (χ0) is 13.7. The number of halogens is 1. The van der Waals surface area contributed by atoms with E-state index >= 15 is 0 Å². The van der Waals surface area contributed by atoms with Crippen molar-refractivity contribution in [1.29, 1.82) is 0 Å². The lowest BCUT2D eigenvalue weighted by molar-refractivity contribution is -0.139. The minimum absolute atomic E-state index is 0.263. The number of hydrogen-bond donors (Lipinski definition) is 1. The molecule has 0 amide bonds. The second kappa shape index (κ2) is 6.80. The van der Waals surface area contributed by atoms with Gasteiger partial charge in [0.05, 0.1) is 7.11 Å². The number of ether oxygens (including phenoxy) is 1. The van der Waals surface area contributed by atoms with Gasteiger partial charge in [0.25, 0.3) is 0 Å². The van der Waals surface area contributed by atoms with Gasteiger partial charge in [-0.2, -0.15) is 0 Å². The van der Waals surface area contributed by atoms with E-state index in [0.717, 1.165) is 18.8 Å². The van der Waals surface area contributed by atoms with E-state index < -0.39 is 0 Å². The fraction of sp³-hybridized carbons (Fsp3) is 0.500. The van der Waals surface area contributed by atoms with Crippen LogP contribution in [-0.2, 0) is 9.53 Å². The molecule has 1 unspecified atom stereocenters. The van der Waals surface area contributed by atoms with Crippen molar-refractivity contribution in [3.63, 3.8) is 0 Å². The molecule has 5 heteroatoms. The average molecular weight is 327 g/mol. The molecule has 1 atom stereocenters. The number of carbonyl (C=O) groups excluding carboxylic acids is 1. The van der Waals surface area contributed by atoms with Crippen LogP contribution in [0.3, 0.4) is 0 Å². The van der Waals surface area contributed by atoms with Crippen LogP contribution < -0.4 is 10.2 Å². The number of alkyl halides is 1. The number of hydrogen-bond acceptors (Lipinski definition) is 4. The monoisotopic (exact) mass is 326 g/mol. The summed E-state index contributed by atoms with van der Waals surface area (Å²) in [5.74, 6) is -0.263. The number of esters is 1. The molecule has 0 aliphatic carbocycles. The topological polar surface area (TPSA) is 41.6 Å². The Bertz CT molecular complexity index is 416. The molecule has 1 aromatic carbocycles. The first kappa shape index (κ1) is 14.2. The van der Waals surface area contributed by atoms with Crippen molar-refractivity contribution in [3.05, 3.63) is 24.3 Å². The molecular weight excluding hydrogens is 308 g/mol. The number of carbonyl (C=O) groups is 1. The molecule has 1 aliphatic heterocycles. The van der Waals surface area contributed by atoms with E-state index in [4.69, 9.17) is 0 Å². The number of methoxy groups -OCH3 is 1. The highest BCUT2D eigenvalue weighted by Gasteiger charge is 2.15. The normalized spacial score (nSPS) is 16.2. The summed E-state index contributed by atoms with van der Waals surface area (Å²) < 4.78 is 4.65. The maximum Gasteiger partial charge on any atom is 0.321 e. The summed E-state index contributed by atoms with van der Waals surface area (Å²) in [4.78, 5) is 13.3. The van der Waals surface area contributed by atoms with Crippen LogP contribution in [0, 0.1) is 0 Å². The molecule has 1 aromatic rings. The molecule has 1 aliphatic rings. The second-order valence-corrected chi connectivity index (χ2v) is 5.72. The Labute approximate surface area is 122 Å². The third-order valence-electron chi connectivity index (χ3n) is 3.28. The number of nitrogens with one attached hydrogen (secondary N) is 1. The van der Waals surface area contributed by atoms with E-state index in [9.17, 15) is 4.79 Å². The summed E-state index contributed by atoms with van der Waals surface area (Å²) in [7, 11) is 1.39. The largest absolute Gasteiger partial charge is 0.468 e. The van der Waals surface area contributed by atoms with Crippen molar-refractivity contribution in [2.75, 3.05) is 37.0 Å². The van der Waals surface area contributed by atoms with Crippen molar-refractivity contribution < 1.29 is 9.53 Å². The molecule has 0 radical (unpaired) electrons. The van der Waals surface area contributed by atoms with Gasteiger partial charge < -0.3 is 15.0 Å². The van der Waals surface area contributed by atoms with Crippen molar-refractivity contribution in [3.8, 4) is 0 Å². The molecular formula is C14H19BrN2O2. The van der Waals surface area contributed by atoms with Gasteiger partial charge in [0.15, 0.2) is 0 Å². The van der Waals surface area contributed by atoms with Gasteiger partial charge in [0.1, 0.15) is 4.83 Å². The van der Waals surface area contributed by atoms with Gasteiger partial charge in [-0.1, -0.05) is 15.9 Å². The van der Waals surface area contributed by atoms with Gasteiger partial charge in [-0.15, -0.1) is 0 Å². The van der Waals surface area contributed by atoms with Gasteiger partial charge in [-0.3, -0.25) is 4.79 Å². The Kier molecular flexibility index (Phi) is 5.07. The Balaban J connectivity index is 1.86. The lowest BCUT2D eigenvalue weighted by Crippen LogP contribution is -2.24. The lowest BCUT2D eigenvalue weighted by Gasteiger charge is -2.18. The van der Waals surface area contributed by atoms with Gasteiger partial charge in [0.2, 0.25) is 0 Å². The molecule has 2 rings (SSSR count). The quantitative estimate of drug-likeness (QED) is 0.667.